The van der Waals surface area contributed by atoms with Gasteiger partial charge in [0, 0.05) is 17.6 Å². The third-order valence-corrected chi connectivity index (χ3v) is 3.71. The normalized spacial score (nSPS) is 17.8. The molecule has 2 rings (SSSR count). The Bertz CT molecular complexity index is 362. The molecule has 0 radical (unpaired) electrons. The highest BCUT2D eigenvalue weighted by Crippen LogP contribution is 2.29. The molecule has 0 amide bonds. The number of halogens is 1. The van der Waals surface area contributed by atoms with Crippen LogP contribution in [0, 0.1) is 6.92 Å². The molecule has 2 N–H and O–H groups in total. The van der Waals surface area contributed by atoms with Gasteiger partial charge in [-0.2, -0.15) is 0 Å². The molecule has 3 nitrogen and oxygen atoms in total. The molecular weight excluding hydrogens is 268 g/mol. The van der Waals surface area contributed by atoms with Crippen LogP contribution in [0.5, 0.6) is 0 Å². The predicted molar refractivity (Wildman–Crippen MR) is 69.4 cm³/mol. The highest BCUT2D eigenvalue weighted by Gasteiger charge is 2.20. The number of nitrogens with two attached hydrogens (primary N) is 1. The van der Waals surface area contributed by atoms with E-state index in [0.29, 0.717) is 0 Å². The molecule has 0 saturated carbocycles. The lowest BCUT2D eigenvalue weighted by atomic mass is 10.1. The van der Waals surface area contributed by atoms with Crippen LogP contribution < -0.4 is 10.8 Å². The Hall–Kier alpha value is -0.580. The molecule has 1 saturated heterocycles. The van der Waals surface area contributed by atoms with Gasteiger partial charge in [-0.05, 0) is 53.4 Å². The van der Waals surface area contributed by atoms with Crippen LogP contribution in [-0.2, 0) is 4.84 Å². The first-order valence-corrected chi connectivity index (χ1v) is 6.36. The van der Waals surface area contributed by atoms with Crippen molar-refractivity contribution in [2.45, 2.75) is 25.9 Å². The van der Waals surface area contributed by atoms with Crippen LogP contribution in [0.1, 0.15) is 18.4 Å². The summed E-state index contributed by atoms with van der Waals surface area (Å²) < 4.78 is 1.17. The molecule has 1 aliphatic rings. The van der Waals surface area contributed by atoms with Crippen molar-refractivity contribution < 1.29 is 4.84 Å². The summed E-state index contributed by atoms with van der Waals surface area (Å²) >= 11 is 3.62. The van der Waals surface area contributed by atoms with Crippen molar-refractivity contribution in [3.05, 3.63) is 28.2 Å². The van der Waals surface area contributed by atoms with E-state index in [0.717, 1.165) is 25.9 Å². The largest absolute Gasteiger partial charge is 0.370 e. The van der Waals surface area contributed by atoms with Crippen LogP contribution in [0.15, 0.2) is 22.7 Å². The van der Waals surface area contributed by atoms with E-state index >= 15 is 0 Å². The SMILES string of the molecule is Cc1ccc(N2CCC(ON)CC2)c(Br)c1. The fourth-order valence-electron chi connectivity index (χ4n) is 2.10. The number of hydrogen-bond donors (Lipinski definition) is 1. The summed E-state index contributed by atoms with van der Waals surface area (Å²) in [6.07, 6.45) is 2.22. The second kappa shape index (κ2) is 5.17. The van der Waals surface area contributed by atoms with Gasteiger partial charge < -0.3 is 9.74 Å². The smallest absolute Gasteiger partial charge is 0.0821 e. The van der Waals surface area contributed by atoms with E-state index in [1.54, 1.807) is 0 Å². The first-order valence-electron chi connectivity index (χ1n) is 5.57. The van der Waals surface area contributed by atoms with Crippen LogP contribution in [-0.4, -0.2) is 19.2 Å². The molecular formula is C12H17BrN2O. The Morgan fingerprint density at radius 2 is 2.06 bits per heavy atom. The third kappa shape index (κ3) is 2.56. The third-order valence-electron chi connectivity index (χ3n) is 3.08. The molecule has 0 bridgehead atoms. The number of piperidine rings is 1. The van der Waals surface area contributed by atoms with Gasteiger partial charge in [0.05, 0.1) is 11.8 Å². The fraction of sp³-hybridized carbons (Fsp3) is 0.500. The van der Waals surface area contributed by atoms with Crippen LogP contribution in [0.25, 0.3) is 0 Å². The van der Waals surface area contributed by atoms with Gasteiger partial charge >= 0.3 is 0 Å². The lowest BCUT2D eigenvalue weighted by molar-refractivity contribution is 0.0367. The monoisotopic (exact) mass is 284 g/mol. The number of hydrogen-bond acceptors (Lipinski definition) is 3. The van der Waals surface area contributed by atoms with Crippen molar-refractivity contribution in [3.8, 4) is 0 Å². The molecule has 4 heteroatoms. The van der Waals surface area contributed by atoms with E-state index in [-0.39, 0.29) is 6.10 Å². The van der Waals surface area contributed by atoms with Crippen molar-refractivity contribution in [1.29, 1.82) is 0 Å². The molecule has 0 aromatic heterocycles. The van der Waals surface area contributed by atoms with Gasteiger partial charge in [-0.25, -0.2) is 5.90 Å². The van der Waals surface area contributed by atoms with Gasteiger partial charge in [-0.3, -0.25) is 0 Å². The molecule has 0 aliphatic carbocycles. The summed E-state index contributed by atoms with van der Waals surface area (Å²) in [6, 6.07) is 6.47. The minimum atomic E-state index is 0.223. The van der Waals surface area contributed by atoms with E-state index in [4.69, 9.17) is 10.7 Å². The zero-order valence-electron chi connectivity index (χ0n) is 9.45. The number of rotatable bonds is 2. The molecule has 0 spiro atoms. The number of aryl methyl sites for hydroxylation is 1. The maximum atomic E-state index is 5.21. The highest BCUT2D eigenvalue weighted by atomic mass is 79.9. The van der Waals surface area contributed by atoms with Crippen molar-refractivity contribution in [3.63, 3.8) is 0 Å². The molecule has 1 aromatic rings. The Labute approximate surface area is 105 Å². The van der Waals surface area contributed by atoms with E-state index in [2.05, 4.69) is 46.0 Å². The number of nitrogens with zero attached hydrogens (tertiary/aromatic N) is 1. The van der Waals surface area contributed by atoms with Crippen LogP contribution >= 0.6 is 15.9 Å². The average Bonchev–Trinajstić information content (AvgIpc) is 2.29. The molecule has 1 aliphatic heterocycles. The van der Waals surface area contributed by atoms with E-state index in [9.17, 15) is 0 Å². The summed E-state index contributed by atoms with van der Waals surface area (Å²) in [5.74, 6) is 5.21. The average molecular weight is 285 g/mol. The Morgan fingerprint density at radius 1 is 1.38 bits per heavy atom. The van der Waals surface area contributed by atoms with Gasteiger partial charge in [-0.1, -0.05) is 6.07 Å². The van der Waals surface area contributed by atoms with Crippen molar-refractivity contribution in [1.82, 2.24) is 0 Å². The zero-order chi connectivity index (χ0) is 11.5. The van der Waals surface area contributed by atoms with Crippen molar-refractivity contribution in [2.75, 3.05) is 18.0 Å². The maximum absolute atomic E-state index is 5.21. The Morgan fingerprint density at radius 3 is 2.62 bits per heavy atom. The highest BCUT2D eigenvalue weighted by molar-refractivity contribution is 9.10. The van der Waals surface area contributed by atoms with Crippen molar-refractivity contribution in [2.24, 2.45) is 5.90 Å². The van der Waals surface area contributed by atoms with E-state index in [1.165, 1.54) is 15.7 Å². The van der Waals surface area contributed by atoms with Gasteiger partial charge in [-0.15, -0.1) is 0 Å². The number of anilines is 1. The lowest BCUT2D eigenvalue weighted by Crippen LogP contribution is -2.38. The Balaban J connectivity index is 2.08. The molecule has 1 aromatic carbocycles. The quantitative estimate of drug-likeness (QED) is 0.849. The van der Waals surface area contributed by atoms with Gasteiger partial charge in [0.25, 0.3) is 0 Å². The standard InChI is InChI=1S/C12H17BrN2O/c1-9-2-3-12(11(13)8-9)15-6-4-10(16-14)5-7-15/h2-3,8,10H,4-7,14H2,1H3. The summed E-state index contributed by atoms with van der Waals surface area (Å²) in [5, 5.41) is 0. The summed E-state index contributed by atoms with van der Waals surface area (Å²) in [6.45, 7) is 4.11. The second-order valence-electron chi connectivity index (χ2n) is 4.28. The topological polar surface area (TPSA) is 38.5 Å². The molecule has 0 atom stereocenters. The van der Waals surface area contributed by atoms with E-state index < -0.39 is 0 Å². The first kappa shape index (κ1) is 11.9. The first-order chi connectivity index (χ1) is 7.70. The zero-order valence-corrected chi connectivity index (χ0v) is 11.0. The molecule has 0 unspecified atom stereocenters. The van der Waals surface area contributed by atoms with Crippen LogP contribution in [0.4, 0.5) is 5.69 Å². The molecule has 16 heavy (non-hydrogen) atoms. The minimum absolute atomic E-state index is 0.223. The van der Waals surface area contributed by atoms with Crippen molar-refractivity contribution >= 4 is 21.6 Å². The maximum Gasteiger partial charge on any atom is 0.0821 e. The van der Waals surface area contributed by atoms with Gasteiger partial charge in [0.15, 0.2) is 0 Å². The minimum Gasteiger partial charge on any atom is -0.370 e. The van der Waals surface area contributed by atoms with E-state index in [1.807, 2.05) is 0 Å². The van der Waals surface area contributed by atoms with Gasteiger partial charge in [0.2, 0.25) is 0 Å². The predicted octanol–water partition coefficient (Wildman–Crippen LogP) is 2.62. The lowest BCUT2D eigenvalue weighted by Gasteiger charge is -2.33. The number of benzene rings is 1. The summed E-state index contributed by atoms with van der Waals surface area (Å²) in [7, 11) is 0. The molecule has 1 heterocycles. The van der Waals surface area contributed by atoms with Crippen LogP contribution in [0.2, 0.25) is 0 Å². The summed E-state index contributed by atoms with van der Waals surface area (Å²) in [4.78, 5) is 7.26. The summed E-state index contributed by atoms with van der Waals surface area (Å²) in [5.41, 5.74) is 2.54. The fourth-order valence-corrected chi connectivity index (χ4v) is 2.85. The van der Waals surface area contributed by atoms with Gasteiger partial charge in [0.1, 0.15) is 0 Å². The Kier molecular flexibility index (Phi) is 3.84. The molecule has 88 valence electrons. The van der Waals surface area contributed by atoms with Crippen LogP contribution in [0.3, 0.4) is 0 Å². The molecule has 1 fully saturated rings. The second-order valence-corrected chi connectivity index (χ2v) is 5.13.